The average Bonchev–Trinajstić information content (AvgIpc) is 3.36. The molecule has 1 heterocycles. The summed E-state index contributed by atoms with van der Waals surface area (Å²) in [5, 5.41) is 12.8. The zero-order chi connectivity index (χ0) is 23.6. The quantitative estimate of drug-likeness (QED) is 0.615. The molecule has 1 atom stereocenters. The van der Waals surface area contributed by atoms with Crippen LogP contribution in [0.1, 0.15) is 69.4 Å². The van der Waals surface area contributed by atoms with Crippen LogP contribution in [0.5, 0.6) is 0 Å². The summed E-state index contributed by atoms with van der Waals surface area (Å²) in [5.74, 6) is 0.497. The molecular formula is C26H35ClN4O2. The van der Waals surface area contributed by atoms with Crippen molar-refractivity contribution < 1.29 is 9.59 Å². The minimum absolute atomic E-state index is 0.0690. The highest BCUT2D eigenvalue weighted by atomic mass is 35.5. The van der Waals surface area contributed by atoms with Crippen molar-refractivity contribution in [3.05, 3.63) is 28.3 Å². The molecule has 0 unspecified atom stereocenters. The van der Waals surface area contributed by atoms with Crippen LogP contribution in [0.15, 0.2) is 12.1 Å². The fraction of sp³-hybridized carbons (Fsp3) is 0.654. The number of anilines is 1. The van der Waals surface area contributed by atoms with Gasteiger partial charge in [0, 0.05) is 55.3 Å². The number of halogens is 1. The molecule has 6 nitrogen and oxygen atoms in total. The maximum Gasteiger partial charge on any atom is 0.226 e. The SMILES string of the molecule is Cc1c(CN2CCN(C(=O)C3CCCC3)[C@@H](C)C2)cc(Cl)cc1NC(=O)CCC1(C#N)CC1. The highest BCUT2D eigenvalue weighted by Crippen LogP contribution is 2.48. The van der Waals surface area contributed by atoms with Crippen molar-refractivity contribution in [3.8, 4) is 6.07 Å². The summed E-state index contributed by atoms with van der Waals surface area (Å²) < 4.78 is 0. The maximum atomic E-state index is 12.9. The largest absolute Gasteiger partial charge is 0.337 e. The number of amides is 2. The van der Waals surface area contributed by atoms with Crippen LogP contribution in [-0.4, -0.2) is 47.3 Å². The molecule has 2 amide bonds. The summed E-state index contributed by atoms with van der Waals surface area (Å²) in [5.41, 5.74) is 2.58. The van der Waals surface area contributed by atoms with Crippen molar-refractivity contribution >= 4 is 29.1 Å². The van der Waals surface area contributed by atoms with Crippen LogP contribution < -0.4 is 5.32 Å². The molecule has 7 heteroatoms. The summed E-state index contributed by atoms with van der Waals surface area (Å²) in [7, 11) is 0. The van der Waals surface area contributed by atoms with Crippen molar-refractivity contribution in [3.63, 3.8) is 0 Å². The molecule has 1 aromatic rings. The fourth-order valence-corrected chi connectivity index (χ4v) is 5.56. The van der Waals surface area contributed by atoms with E-state index in [1.165, 1.54) is 12.8 Å². The number of carbonyl (C=O) groups excluding carboxylic acids is 2. The standard InChI is InChI=1S/C26H35ClN4O2/c1-18-15-30(11-12-31(18)25(33)20-5-3-4-6-20)16-21-13-22(27)14-23(19(21)2)29-24(32)7-8-26(17-28)9-10-26/h13-14,18,20H,3-12,15-16H2,1-2H3,(H,29,32)/t18-/m0/s1. The lowest BCUT2D eigenvalue weighted by atomic mass is 10.0. The van der Waals surface area contributed by atoms with E-state index in [2.05, 4.69) is 28.1 Å². The smallest absolute Gasteiger partial charge is 0.226 e. The van der Waals surface area contributed by atoms with Crippen LogP contribution in [-0.2, 0) is 16.1 Å². The van der Waals surface area contributed by atoms with Gasteiger partial charge in [0.2, 0.25) is 11.8 Å². The Kier molecular flexibility index (Phi) is 7.31. The first-order valence-electron chi connectivity index (χ1n) is 12.3. The van der Waals surface area contributed by atoms with Gasteiger partial charge in [0.15, 0.2) is 0 Å². The first kappa shape index (κ1) is 24.0. The van der Waals surface area contributed by atoms with Gasteiger partial charge in [-0.25, -0.2) is 0 Å². The summed E-state index contributed by atoms with van der Waals surface area (Å²) in [4.78, 5) is 29.9. The third-order valence-corrected chi connectivity index (χ3v) is 7.99. The molecule has 0 spiro atoms. The second-order valence-electron chi connectivity index (χ2n) is 10.3. The third-order valence-electron chi connectivity index (χ3n) is 7.77. The van der Waals surface area contributed by atoms with Crippen molar-refractivity contribution in [2.24, 2.45) is 11.3 Å². The topological polar surface area (TPSA) is 76.4 Å². The molecule has 1 N–H and O–H groups in total. The van der Waals surface area contributed by atoms with Gasteiger partial charge in [-0.05, 0) is 69.2 Å². The predicted octanol–water partition coefficient (Wildman–Crippen LogP) is 4.89. The molecular weight excluding hydrogens is 436 g/mol. The van der Waals surface area contributed by atoms with Crippen LogP contribution in [0, 0.1) is 29.6 Å². The van der Waals surface area contributed by atoms with Crippen molar-refractivity contribution in [2.45, 2.75) is 77.8 Å². The molecule has 4 rings (SSSR count). The van der Waals surface area contributed by atoms with E-state index < -0.39 is 0 Å². The Labute approximate surface area is 202 Å². The number of nitrogens with one attached hydrogen (secondary N) is 1. The highest BCUT2D eigenvalue weighted by molar-refractivity contribution is 6.31. The molecule has 178 valence electrons. The lowest BCUT2D eigenvalue weighted by molar-refractivity contribution is -0.140. The van der Waals surface area contributed by atoms with Gasteiger partial charge in [0.25, 0.3) is 0 Å². The van der Waals surface area contributed by atoms with E-state index in [9.17, 15) is 14.9 Å². The highest BCUT2D eigenvalue weighted by Gasteiger charge is 2.42. The second-order valence-corrected chi connectivity index (χ2v) is 10.7. The predicted molar refractivity (Wildman–Crippen MR) is 130 cm³/mol. The molecule has 33 heavy (non-hydrogen) atoms. The average molecular weight is 471 g/mol. The number of hydrogen-bond acceptors (Lipinski definition) is 4. The van der Waals surface area contributed by atoms with E-state index in [1.54, 1.807) is 6.07 Å². The Morgan fingerprint density at radius 3 is 2.61 bits per heavy atom. The molecule has 0 radical (unpaired) electrons. The Morgan fingerprint density at radius 2 is 1.97 bits per heavy atom. The van der Waals surface area contributed by atoms with Gasteiger partial charge in [-0.2, -0.15) is 5.26 Å². The zero-order valence-corrected chi connectivity index (χ0v) is 20.6. The summed E-state index contributed by atoms with van der Waals surface area (Å²) >= 11 is 6.41. The first-order valence-corrected chi connectivity index (χ1v) is 12.7. The number of piperazine rings is 1. The Morgan fingerprint density at radius 1 is 1.24 bits per heavy atom. The first-order chi connectivity index (χ1) is 15.8. The molecule has 0 aromatic heterocycles. The van der Waals surface area contributed by atoms with Crippen LogP contribution in [0.25, 0.3) is 0 Å². The number of hydrogen-bond donors (Lipinski definition) is 1. The van der Waals surface area contributed by atoms with Crippen LogP contribution in [0.2, 0.25) is 5.02 Å². The zero-order valence-electron chi connectivity index (χ0n) is 19.8. The van der Waals surface area contributed by atoms with Gasteiger partial charge in [0.1, 0.15) is 0 Å². The molecule has 2 aliphatic carbocycles. The summed E-state index contributed by atoms with van der Waals surface area (Å²) in [6.07, 6.45) is 7.20. The van der Waals surface area contributed by atoms with Gasteiger partial charge in [0.05, 0.1) is 11.5 Å². The van der Waals surface area contributed by atoms with Crippen molar-refractivity contribution in [1.82, 2.24) is 9.80 Å². The Balaban J connectivity index is 1.35. The van der Waals surface area contributed by atoms with E-state index in [0.29, 0.717) is 23.8 Å². The number of nitrogens with zero attached hydrogens (tertiary/aromatic N) is 3. The number of carbonyl (C=O) groups is 2. The normalized spacial score (nSPS) is 22.7. The van der Waals surface area contributed by atoms with E-state index in [1.807, 2.05) is 13.0 Å². The van der Waals surface area contributed by atoms with E-state index >= 15 is 0 Å². The molecule has 1 aromatic carbocycles. The van der Waals surface area contributed by atoms with Crippen LogP contribution in [0.4, 0.5) is 5.69 Å². The van der Waals surface area contributed by atoms with Crippen LogP contribution in [0.3, 0.4) is 0 Å². The Bertz CT molecular complexity index is 946. The minimum Gasteiger partial charge on any atom is -0.337 e. The second kappa shape index (κ2) is 10.0. The number of rotatable bonds is 7. The molecule has 1 aliphatic heterocycles. The fourth-order valence-electron chi connectivity index (χ4n) is 5.32. The van der Waals surface area contributed by atoms with E-state index in [0.717, 1.165) is 68.7 Å². The van der Waals surface area contributed by atoms with Gasteiger partial charge in [-0.1, -0.05) is 24.4 Å². The summed E-state index contributed by atoms with van der Waals surface area (Å²) in [6.45, 7) is 7.34. The molecule has 0 bridgehead atoms. The maximum absolute atomic E-state index is 12.9. The van der Waals surface area contributed by atoms with Gasteiger partial charge < -0.3 is 10.2 Å². The van der Waals surface area contributed by atoms with Crippen molar-refractivity contribution in [2.75, 3.05) is 25.0 Å². The monoisotopic (exact) mass is 470 g/mol. The third kappa shape index (κ3) is 5.70. The lowest BCUT2D eigenvalue weighted by Gasteiger charge is -2.41. The van der Waals surface area contributed by atoms with Gasteiger partial charge in [-0.3, -0.25) is 14.5 Å². The number of benzene rings is 1. The molecule has 3 aliphatic rings. The van der Waals surface area contributed by atoms with Crippen LogP contribution >= 0.6 is 11.6 Å². The summed E-state index contributed by atoms with van der Waals surface area (Å²) in [6, 6.07) is 6.32. The lowest BCUT2D eigenvalue weighted by Crippen LogP contribution is -2.54. The molecule has 3 fully saturated rings. The molecule has 1 saturated heterocycles. The van der Waals surface area contributed by atoms with Crippen molar-refractivity contribution in [1.29, 1.82) is 5.26 Å². The minimum atomic E-state index is -0.274. The number of nitriles is 1. The van der Waals surface area contributed by atoms with E-state index in [-0.39, 0.29) is 23.3 Å². The van der Waals surface area contributed by atoms with Gasteiger partial charge in [-0.15, -0.1) is 0 Å². The van der Waals surface area contributed by atoms with E-state index in [4.69, 9.17) is 11.6 Å². The molecule has 2 saturated carbocycles. The Hall–Kier alpha value is -2.10. The van der Waals surface area contributed by atoms with Gasteiger partial charge >= 0.3 is 0 Å².